The quantitative estimate of drug-likeness (QED) is 0.666. The second-order valence-electron chi connectivity index (χ2n) is 5.57. The van der Waals surface area contributed by atoms with E-state index in [4.69, 9.17) is 0 Å². The summed E-state index contributed by atoms with van der Waals surface area (Å²) in [6.07, 6.45) is 4.96. The standard InChI is InChI=1S/C19H17N5O2/c1-13(25)15-5-2-6-16(10-15)23-18(26)17-7-9-21-19(24-17)22-12-14-4-3-8-20-11-14/h2-11H,12H2,1H3,(H,23,26)(H,21,22,24). The van der Waals surface area contributed by atoms with E-state index in [-0.39, 0.29) is 17.4 Å². The Kier molecular flexibility index (Phi) is 5.28. The lowest BCUT2D eigenvalue weighted by molar-refractivity contribution is 0.100. The lowest BCUT2D eigenvalue weighted by Gasteiger charge is -2.08. The Labute approximate surface area is 150 Å². The molecule has 0 radical (unpaired) electrons. The van der Waals surface area contributed by atoms with Crippen LogP contribution in [0.3, 0.4) is 0 Å². The van der Waals surface area contributed by atoms with Crippen molar-refractivity contribution in [2.45, 2.75) is 13.5 Å². The molecule has 7 heteroatoms. The van der Waals surface area contributed by atoms with E-state index in [0.717, 1.165) is 5.56 Å². The van der Waals surface area contributed by atoms with Crippen LogP contribution in [-0.2, 0) is 6.54 Å². The average Bonchev–Trinajstić information content (AvgIpc) is 2.67. The van der Waals surface area contributed by atoms with E-state index in [1.165, 1.54) is 19.2 Å². The number of nitrogens with zero attached hydrogens (tertiary/aromatic N) is 3. The fourth-order valence-electron chi connectivity index (χ4n) is 2.27. The topological polar surface area (TPSA) is 96.9 Å². The van der Waals surface area contributed by atoms with Gasteiger partial charge in [0.15, 0.2) is 5.78 Å². The third kappa shape index (κ3) is 4.47. The fourth-order valence-corrected chi connectivity index (χ4v) is 2.27. The van der Waals surface area contributed by atoms with E-state index in [2.05, 4.69) is 25.6 Å². The molecule has 26 heavy (non-hydrogen) atoms. The highest BCUT2D eigenvalue weighted by Gasteiger charge is 2.10. The van der Waals surface area contributed by atoms with E-state index in [1.807, 2.05) is 12.1 Å². The number of aromatic nitrogens is 3. The number of amides is 1. The molecule has 0 bridgehead atoms. The number of benzene rings is 1. The maximum atomic E-state index is 12.4. The maximum Gasteiger partial charge on any atom is 0.274 e. The summed E-state index contributed by atoms with van der Waals surface area (Å²) in [6.45, 7) is 1.98. The number of carbonyl (C=O) groups excluding carboxylic acids is 2. The molecule has 1 aromatic carbocycles. The summed E-state index contributed by atoms with van der Waals surface area (Å²) in [6, 6.07) is 12.1. The largest absolute Gasteiger partial charge is 0.350 e. The molecule has 2 aromatic heterocycles. The third-order valence-electron chi connectivity index (χ3n) is 3.59. The summed E-state index contributed by atoms with van der Waals surface area (Å²) < 4.78 is 0. The predicted octanol–water partition coefficient (Wildman–Crippen LogP) is 2.94. The minimum atomic E-state index is -0.377. The molecule has 0 unspecified atom stereocenters. The molecule has 0 atom stereocenters. The van der Waals surface area contributed by atoms with Crippen LogP contribution >= 0.6 is 0 Å². The fraction of sp³-hybridized carbons (Fsp3) is 0.105. The molecule has 0 aliphatic carbocycles. The lowest BCUT2D eigenvalue weighted by atomic mass is 10.1. The predicted molar refractivity (Wildman–Crippen MR) is 98.0 cm³/mol. The van der Waals surface area contributed by atoms with Gasteiger partial charge in [0.1, 0.15) is 5.69 Å². The van der Waals surface area contributed by atoms with Gasteiger partial charge in [-0.1, -0.05) is 18.2 Å². The highest BCUT2D eigenvalue weighted by molar-refractivity contribution is 6.04. The van der Waals surface area contributed by atoms with Crippen molar-refractivity contribution in [1.82, 2.24) is 15.0 Å². The molecule has 7 nitrogen and oxygen atoms in total. The number of ketones is 1. The van der Waals surface area contributed by atoms with E-state index >= 15 is 0 Å². The van der Waals surface area contributed by atoms with Gasteiger partial charge in [-0.05, 0) is 36.8 Å². The van der Waals surface area contributed by atoms with Crippen molar-refractivity contribution < 1.29 is 9.59 Å². The van der Waals surface area contributed by atoms with Crippen LogP contribution in [0.25, 0.3) is 0 Å². The van der Waals surface area contributed by atoms with Crippen LogP contribution in [0.2, 0.25) is 0 Å². The number of hydrogen-bond acceptors (Lipinski definition) is 6. The summed E-state index contributed by atoms with van der Waals surface area (Å²) >= 11 is 0. The van der Waals surface area contributed by atoms with Crippen molar-refractivity contribution in [2.75, 3.05) is 10.6 Å². The molecule has 3 aromatic rings. The summed E-state index contributed by atoms with van der Waals surface area (Å²) in [5, 5.41) is 5.79. The molecule has 0 aliphatic heterocycles. The zero-order chi connectivity index (χ0) is 18.4. The van der Waals surface area contributed by atoms with Gasteiger partial charge >= 0.3 is 0 Å². The molecule has 1 amide bonds. The molecule has 0 saturated heterocycles. The van der Waals surface area contributed by atoms with Gasteiger partial charge in [0.25, 0.3) is 5.91 Å². The minimum absolute atomic E-state index is 0.0648. The number of Topliss-reactive ketones (excluding diaryl/α,β-unsaturated/α-hetero) is 1. The van der Waals surface area contributed by atoms with E-state index in [0.29, 0.717) is 23.7 Å². The summed E-state index contributed by atoms with van der Waals surface area (Å²) in [4.78, 5) is 36.2. The number of carbonyl (C=O) groups is 2. The zero-order valence-corrected chi connectivity index (χ0v) is 14.1. The second-order valence-corrected chi connectivity index (χ2v) is 5.57. The van der Waals surface area contributed by atoms with Crippen molar-refractivity contribution in [3.05, 3.63) is 77.9 Å². The molecular formula is C19H17N5O2. The number of anilines is 2. The summed E-state index contributed by atoms with van der Waals surface area (Å²) in [5.41, 5.74) is 2.27. The molecule has 0 fully saturated rings. The van der Waals surface area contributed by atoms with Crippen molar-refractivity contribution in [3.63, 3.8) is 0 Å². The van der Waals surface area contributed by atoms with Crippen LogP contribution in [0.15, 0.2) is 61.1 Å². The number of pyridine rings is 1. The van der Waals surface area contributed by atoms with Gasteiger partial charge < -0.3 is 10.6 Å². The number of nitrogens with one attached hydrogen (secondary N) is 2. The van der Waals surface area contributed by atoms with E-state index < -0.39 is 0 Å². The van der Waals surface area contributed by atoms with E-state index in [1.54, 1.807) is 36.7 Å². The van der Waals surface area contributed by atoms with Crippen LogP contribution < -0.4 is 10.6 Å². The number of hydrogen-bond donors (Lipinski definition) is 2. The smallest absolute Gasteiger partial charge is 0.274 e. The Morgan fingerprint density at radius 3 is 2.73 bits per heavy atom. The van der Waals surface area contributed by atoms with Crippen LogP contribution in [0.5, 0.6) is 0 Å². The van der Waals surface area contributed by atoms with Crippen LogP contribution in [0.4, 0.5) is 11.6 Å². The first kappa shape index (κ1) is 17.2. The molecular weight excluding hydrogens is 330 g/mol. The Morgan fingerprint density at radius 1 is 1.08 bits per heavy atom. The van der Waals surface area contributed by atoms with Gasteiger partial charge in [0, 0.05) is 36.4 Å². The Balaban J connectivity index is 1.68. The Hall–Kier alpha value is -3.61. The molecule has 0 spiro atoms. The normalized spacial score (nSPS) is 10.2. The molecule has 2 N–H and O–H groups in total. The van der Waals surface area contributed by atoms with E-state index in [9.17, 15) is 9.59 Å². The van der Waals surface area contributed by atoms with Gasteiger partial charge in [-0.25, -0.2) is 9.97 Å². The van der Waals surface area contributed by atoms with Crippen molar-refractivity contribution in [3.8, 4) is 0 Å². The van der Waals surface area contributed by atoms with Gasteiger partial charge in [0.05, 0.1) is 0 Å². The minimum Gasteiger partial charge on any atom is -0.350 e. The molecule has 2 heterocycles. The third-order valence-corrected chi connectivity index (χ3v) is 3.59. The highest BCUT2D eigenvalue weighted by Crippen LogP contribution is 2.13. The van der Waals surface area contributed by atoms with Gasteiger partial charge in [0.2, 0.25) is 5.95 Å². The van der Waals surface area contributed by atoms with Crippen LogP contribution in [0.1, 0.15) is 33.3 Å². The van der Waals surface area contributed by atoms with Gasteiger partial charge in [-0.2, -0.15) is 0 Å². The summed E-state index contributed by atoms with van der Waals surface area (Å²) in [5.74, 6) is -0.0958. The first-order valence-corrected chi connectivity index (χ1v) is 8.00. The Morgan fingerprint density at radius 2 is 1.96 bits per heavy atom. The molecule has 0 saturated carbocycles. The highest BCUT2D eigenvalue weighted by atomic mass is 16.2. The van der Waals surface area contributed by atoms with Crippen molar-refractivity contribution in [1.29, 1.82) is 0 Å². The average molecular weight is 347 g/mol. The molecule has 0 aliphatic rings. The Bertz CT molecular complexity index is 928. The maximum absolute atomic E-state index is 12.4. The van der Waals surface area contributed by atoms with Gasteiger partial charge in [-0.3, -0.25) is 14.6 Å². The number of rotatable bonds is 6. The van der Waals surface area contributed by atoms with Gasteiger partial charge in [-0.15, -0.1) is 0 Å². The van der Waals surface area contributed by atoms with Crippen LogP contribution in [-0.4, -0.2) is 26.6 Å². The van der Waals surface area contributed by atoms with Crippen molar-refractivity contribution >= 4 is 23.3 Å². The monoisotopic (exact) mass is 347 g/mol. The SMILES string of the molecule is CC(=O)c1cccc(NC(=O)c2ccnc(NCc3cccnc3)n2)c1. The second kappa shape index (κ2) is 7.98. The first-order chi connectivity index (χ1) is 12.6. The lowest BCUT2D eigenvalue weighted by Crippen LogP contribution is -2.15. The molecule has 130 valence electrons. The molecule has 3 rings (SSSR count). The van der Waals surface area contributed by atoms with Crippen molar-refractivity contribution in [2.24, 2.45) is 0 Å². The first-order valence-electron chi connectivity index (χ1n) is 8.00. The summed E-state index contributed by atoms with van der Waals surface area (Å²) in [7, 11) is 0. The zero-order valence-electron chi connectivity index (χ0n) is 14.1. The van der Waals surface area contributed by atoms with Crippen LogP contribution in [0, 0.1) is 0 Å².